The molecule has 0 unspecified atom stereocenters. The van der Waals surface area contributed by atoms with Crippen molar-refractivity contribution >= 4 is 33.4 Å². The van der Waals surface area contributed by atoms with Crippen molar-refractivity contribution in [3.63, 3.8) is 0 Å². The molecule has 0 amide bonds. The standard InChI is InChI=1S/C7H3BrN2O2S/c8-4-1-2-12-7(4)6(11)5-3-9-13-10-5/h1-3H. The van der Waals surface area contributed by atoms with E-state index in [1.165, 1.54) is 12.5 Å². The fraction of sp³-hybridized carbons (Fsp3) is 0. The summed E-state index contributed by atoms with van der Waals surface area (Å²) in [6.07, 6.45) is 2.86. The average Bonchev–Trinajstić information content (AvgIpc) is 2.72. The highest BCUT2D eigenvalue weighted by Crippen LogP contribution is 2.20. The summed E-state index contributed by atoms with van der Waals surface area (Å²) in [6.45, 7) is 0. The van der Waals surface area contributed by atoms with Gasteiger partial charge in [-0.15, -0.1) is 0 Å². The summed E-state index contributed by atoms with van der Waals surface area (Å²) in [5.41, 5.74) is 0.306. The van der Waals surface area contributed by atoms with Gasteiger partial charge in [0, 0.05) is 0 Å². The number of carbonyl (C=O) groups excluding carboxylic acids is 1. The molecule has 2 heterocycles. The number of ketones is 1. The predicted molar refractivity (Wildman–Crippen MR) is 49.7 cm³/mol. The second-order valence-corrected chi connectivity index (χ2v) is 3.63. The van der Waals surface area contributed by atoms with Gasteiger partial charge in [0.2, 0.25) is 5.78 Å². The summed E-state index contributed by atoms with van der Waals surface area (Å²) in [4.78, 5) is 11.6. The lowest BCUT2D eigenvalue weighted by Crippen LogP contribution is -2.00. The average molecular weight is 259 g/mol. The molecule has 66 valence electrons. The Morgan fingerprint density at radius 3 is 3.00 bits per heavy atom. The molecule has 13 heavy (non-hydrogen) atoms. The fourth-order valence-corrected chi connectivity index (χ4v) is 1.63. The van der Waals surface area contributed by atoms with Crippen LogP contribution in [-0.4, -0.2) is 14.5 Å². The molecule has 2 rings (SSSR count). The first-order valence-corrected chi connectivity index (χ1v) is 4.86. The van der Waals surface area contributed by atoms with Gasteiger partial charge in [-0.25, -0.2) is 0 Å². The van der Waals surface area contributed by atoms with E-state index in [0.717, 1.165) is 11.7 Å². The highest BCUT2D eigenvalue weighted by molar-refractivity contribution is 9.10. The summed E-state index contributed by atoms with van der Waals surface area (Å²) in [5.74, 6) is -0.00155. The zero-order chi connectivity index (χ0) is 9.26. The topological polar surface area (TPSA) is 56.0 Å². The van der Waals surface area contributed by atoms with E-state index >= 15 is 0 Å². The van der Waals surface area contributed by atoms with Crippen LogP contribution in [0, 0.1) is 0 Å². The number of rotatable bonds is 2. The Hall–Kier alpha value is -1.01. The van der Waals surface area contributed by atoms with Crippen LogP contribution in [0.5, 0.6) is 0 Å². The van der Waals surface area contributed by atoms with Crippen LogP contribution in [0.1, 0.15) is 16.2 Å². The number of aromatic nitrogens is 2. The number of carbonyl (C=O) groups is 1. The van der Waals surface area contributed by atoms with Crippen molar-refractivity contribution in [2.75, 3.05) is 0 Å². The minimum Gasteiger partial charge on any atom is -0.460 e. The molecule has 0 aromatic carbocycles. The van der Waals surface area contributed by atoms with Crippen molar-refractivity contribution in [2.24, 2.45) is 0 Å². The van der Waals surface area contributed by atoms with Crippen molar-refractivity contribution in [3.05, 3.63) is 34.5 Å². The lowest BCUT2D eigenvalue weighted by molar-refractivity contribution is 0.100. The molecule has 0 atom stereocenters. The van der Waals surface area contributed by atoms with Gasteiger partial charge in [-0.1, -0.05) is 0 Å². The monoisotopic (exact) mass is 258 g/mol. The highest BCUT2D eigenvalue weighted by atomic mass is 79.9. The minimum absolute atomic E-state index is 0.257. The van der Waals surface area contributed by atoms with Gasteiger partial charge in [-0.2, -0.15) is 8.75 Å². The SMILES string of the molecule is O=C(c1cnsn1)c1occc1Br. The van der Waals surface area contributed by atoms with Crippen molar-refractivity contribution in [2.45, 2.75) is 0 Å². The number of nitrogens with zero attached hydrogens (tertiary/aromatic N) is 2. The molecule has 0 spiro atoms. The smallest absolute Gasteiger partial charge is 0.250 e. The predicted octanol–water partition coefficient (Wildman–Crippen LogP) is 2.12. The van der Waals surface area contributed by atoms with E-state index in [4.69, 9.17) is 4.42 Å². The molecular formula is C7H3BrN2O2S. The molecule has 0 N–H and O–H groups in total. The number of hydrogen-bond acceptors (Lipinski definition) is 5. The Balaban J connectivity index is 2.39. The zero-order valence-corrected chi connectivity index (χ0v) is 8.63. The van der Waals surface area contributed by atoms with Crippen LogP contribution >= 0.6 is 27.7 Å². The molecule has 0 saturated carbocycles. The maximum absolute atomic E-state index is 11.6. The largest absolute Gasteiger partial charge is 0.460 e. The van der Waals surface area contributed by atoms with Gasteiger partial charge in [-0.05, 0) is 22.0 Å². The van der Waals surface area contributed by atoms with Crippen LogP contribution in [0.15, 0.2) is 27.4 Å². The molecule has 0 saturated heterocycles. The van der Waals surface area contributed by atoms with E-state index in [0.29, 0.717) is 10.2 Å². The summed E-state index contributed by atoms with van der Waals surface area (Å²) in [6, 6.07) is 1.66. The summed E-state index contributed by atoms with van der Waals surface area (Å²) in [7, 11) is 0. The maximum Gasteiger partial charge on any atom is 0.250 e. The van der Waals surface area contributed by atoms with E-state index in [9.17, 15) is 4.79 Å². The van der Waals surface area contributed by atoms with Crippen LogP contribution in [0.2, 0.25) is 0 Å². The Morgan fingerprint density at radius 1 is 1.62 bits per heavy atom. The Labute approximate surface area is 86.0 Å². The Bertz CT molecular complexity index is 423. The lowest BCUT2D eigenvalue weighted by Gasteiger charge is -1.90. The molecule has 6 heteroatoms. The number of furan rings is 1. The maximum atomic E-state index is 11.6. The molecule has 0 aliphatic rings. The summed E-state index contributed by atoms with van der Waals surface area (Å²) < 4.78 is 13.2. The highest BCUT2D eigenvalue weighted by Gasteiger charge is 2.17. The van der Waals surface area contributed by atoms with Gasteiger partial charge in [0.25, 0.3) is 0 Å². The second kappa shape index (κ2) is 3.39. The molecule has 2 aromatic rings. The van der Waals surface area contributed by atoms with Crippen LogP contribution in [0.25, 0.3) is 0 Å². The first kappa shape index (κ1) is 8.58. The van der Waals surface area contributed by atoms with Crippen LogP contribution in [0.4, 0.5) is 0 Å². The Morgan fingerprint density at radius 2 is 2.46 bits per heavy atom. The fourth-order valence-electron chi connectivity index (χ4n) is 0.837. The van der Waals surface area contributed by atoms with E-state index in [2.05, 4.69) is 24.7 Å². The molecule has 2 aromatic heterocycles. The van der Waals surface area contributed by atoms with E-state index in [-0.39, 0.29) is 11.5 Å². The van der Waals surface area contributed by atoms with Gasteiger partial charge < -0.3 is 4.42 Å². The van der Waals surface area contributed by atoms with Crippen molar-refractivity contribution in [1.29, 1.82) is 0 Å². The lowest BCUT2D eigenvalue weighted by atomic mass is 10.2. The molecule has 0 radical (unpaired) electrons. The minimum atomic E-state index is -0.259. The Kier molecular flexibility index (Phi) is 2.24. The second-order valence-electron chi connectivity index (χ2n) is 2.22. The van der Waals surface area contributed by atoms with Crippen LogP contribution in [-0.2, 0) is 0 Å². The van der Waals surface area contributed by atoms with Crippen molar-refractivity contribution in [1.82, 2.24) is 8.75 Å². The molecular weight excluding hydrogens is 256 g/mol. The molecule has 4 nitrogen and oxygen atoms in total. The quantitative estimate of drug-likeness (QED) is 0.775. The van der Waals surface area contributed by atoms with Crippen molar-refractivity contribution < 1.29 is 9.21 Å². The third-order valence-corrected chi connectivity index (χ3v) is 2.52. The van der Waals surface area contributed by atoms with Crippen LogP contribution in [0.3, 0.4) is 0 Å². The first-order chi connectivity index (χ1) is 6.29. The van der Waals surface area contributed by atoms with Gasteiger partial charge in [0.15, 0.2) is 5.76 Å². The van der Waals surface area contributed by atoms with Gasteiger partial charge in [-0.3, -0.25) is 4.79 Å². The third kappa shape index (κ3) is 1.54. The zero-order valence-electron chi connectivity index (χ0n) is 6.23. The van der Waals surface area contributed by atoms with Gasteiger partial charge in [0.1, 0.15) is 5.69 Å². The molecule has 0 aliphatic heterocycles. The van der Waals surface area contributed by atoms with Crippen molar-refractivity contribution in [3.8, 4) is 0 Å². The van der Waals surface area contributed by atoms with Gasteiger partial charge in [0.05, 0.1) is 28.7 Å². The van der Waals surface area contributed by atoms with E-state index in [1.807, 2.05) is 0 Å². The number of halogens is 1. The summed E-state index contributed by atoms with van der Waals surface area (Å²) in [5, 5.41) is 0. The van der Waals surface area contributed by atoms with E-state index < -0.39 is 0 Å². The molecule has 0 bridgehead atoms. The molecule has 0 fully saturated rings. The first-order valence-electron chi connectivity index (χ1n) is 3.34. The summed E-state index contributed by atoms with van der Waals surface area (Å²) >= 11 is 4.19. The van der Waals surface area contributed by atoms with Gasteiger partial charge >= 0.3 is 0 Å². The van der Waals surface area contributed by atoms with Crippen LogP contribution < -0.4 is 0 Å². The molecule has 0 aliphatic carbocycles. The number of hydrogen-bond donors (Lipinski definition) is 0. The third-order valence-electron chi connectivity index (χ3n) is 1.42. The van der Waals surface area contributed by atoms with E-state index in [1.54, 1.807) is 6.07 Å². The normalized spacial score (nSPS) is 10.2.